The van der Waals surface area contributed by atoms with Gasteiger partial charge >= 0.3 is 0 Å². The second kappa shape index (κ2) is 11.5. The third-order valence-corrected chi connectivity index (χ3v) is 4.70. The van der Waals surface area contributed by atoms with E-state index in [0.29, 0.717) is 0 Å². The summed E-state index contributed by atoms with van der Waals surface area (Å²) in [6, 6.07) is 18.7. The van der Waals surface area contributed by atoms with Crippen molar-refractivity contribution in [3.05, 3.63) is 104 Å². The molecule has 3 aromatic rings. The van der Waals surface area contributed by atoms with Gasteiger partial charge in [-0.25, -0.2) is 0 Å². The van der Waals surface area contributed by atoms with Crippen LogP contribution in [-0.4, -0.2) is 28.3 Å². The van der Waals surface area contributed by atoms with Gasteiger partial charge in [0.1, 0.15) is 28.8 Å². The lowest BCUT2D eigenvalue weighted by molar-refractivity contribution is -0.384. The van der Waals surface area contributed by atoms with Gasteiger partial charge in [-0.3, -0.25) is 29.8 Å². The molecule has 3 rings (SSSR count). The van der Waals surface area contributed by atoms with Crippen molar-refractivity contribution in [3.8, 4) is 11.8 Å². The summed E-state index contributed by atoms with van der Waals surface area (Å²) in [6.07, 6.45) is 1.15. The predicted molar refractivity (Wildman–Crippen MR) is 129 cm³/mol. The van der Waals surface area contributed by atoms with Gasteiger partial charge in [0.15, 0.2) is 6.61 Å². The number of benzene rings is 3. The summed E-state index contributed by atoms with van der Waals surface area (Å²) in [5.74, 6) is -1.85. The van der Waals surface area contributed by atoms with Crippen molar-refractivity contribution in [1.29, 1.82) is 5.26 Å². The van der Waals surface area contributed by atoms with Crippen molar-refractivity contribution in [3.63, 3.8) is 0 Å². The molecule has 0 radical (unpaired) electrons. The molecule has 0 aliphatic heterocycles. The molecule has 0 fully saturated rings. The van der Waals surface area contributed by atoms with Gasteiger partial charge in [-0.1, -0.05) is 42.5 Å². The Morgan fingerprint density at radius 1 is 0.833 bits per heavy atom. The number of ether oxygens (including phenoxy) is 1. The molecule has 0 aliphatic carbocycles. The molecule has 180 valence electrons. The third-order valence-electron chi connectivity index (χ3n) is 4.70. The molecule has 0 atom stereocenters. The number of rotatable bonds is 9. The molecule has 2 amide bonds. The first-order valence-electron chi connectivity index (χ1n) is 10.2. The Kier molecular flexibility index (Phi) is 8.02. The van der Waals surface area contributed by atoms with Crippen LogP contribution >= 0.6 is 0 Å². The van der Waals surface area contributed by atoms with E-state index in [0.717, 1.165) is 6.08 Å². The molecule has 0 bridgehead atoms. The van der Waals surface area contributed by atoms with Crippen molar-refractivity contribution in [2.24, 2.45) is 0 Å². The number of hydrogen-bond acceptors (Lipinski definition) is 8. The Balaban J connectivity index is 2.05. The zero-order valence-corrected chi connectivity index (χ0v) is 18.4. The van der Waals surface area contributed by atoms with Crippen LogP contribution < -0.4 is 15.4 Å². The summed E-state index contributed by atoms with van der Waals surface area (Å²) >= 11 is 0. The number of anilines is 2. The van der Waals surface area contributed by atoms with Gasteiger partial charge in [-0.05, 0) is 24.3 Å². The zero-order chi connectivity index (χ0) is 26.1. The second-order valence-electron chi connectivity index (χ2n) is 7.00. The Morgan fingerprint density at radius 2 is 1.31 bits per heavy atom. The number of carbonyl (C=O) groups excluding carboxylic acids is 2. The lowest BCUT2D eigenvalue weighted by Gasteiger charge is -2.12. The van der Waals surface area contributed by atoms with Crippen molar-refractivity contribution >= 4 is 40.6 Å². The molecule has 0 unspecified atom stereocenters. The monoisotopic (exact) mass is 487 g/mol. The Morgan fingerprint density at radius 3 is 1.81 bits per heavy atom. The number of nitrogens with zero attached hydrogens (tertiary/aromatic N) is 3. The van der Waals surface area contributed by atoms with E-state index in [1.165, 1.54) is 60.7 Å². The van der Waals surface area contributed by atoms with Gasteiger partial charge in [-0.15, -0.1) is 0 Å². The molecule has 2 N–H and O–H groups in total. The Hall–Kier alpha value is -5.57. The molecule has 3 aromatic carbocycles. The molecule has 0 heterocycles. The second-order valence-corrected chi connectivity index (χ2v) is 7.00. The minimum Gasteiger partial charge on any atom is -0.478 e. The van der Waals surface area contributed by atoms with Crippen LogP contribution in [0.5, 0.6) is 5.75 Å². The van der Waals surface area contributed by atoms with Gasteiger partial charge in [0, 0.05) is 17.7 Å². The zero-order valence-electron chi connectivity index (χ0n) is 18.4. The van der Waals surface area contributed by atoms with Crippen molar-refractivity contribution < 1.29 is 24.2 Å². The molecule has 0 saturated carbocycles. The third kappa shape index (κ3) is 6.06. The molecular formula is C24H17N5O7. The average molecular weight is 487 g/mol. The fraction of sp³-hybridized carbons (Fsp3) is 0.0417. The summed E-state index contributed by atoms with van der Waals surface area (Å²) in [7, 11) is 0. The first kappa shape index (κ1) is 25.1. The number of para-hydroxylation sites is 5. The first-order valence-corrected chi connectivity index (χ1v) is 10.2. The Labute approximate surface area is 203 Å². The van der Waals surface area contributed by atoms with Gasteiger partial charge in [-0.2, -0.15) is 5.26 Å². The van der Waals surface area contributed by atoms with Gasteiger partial charge in [0.25, 0.3) is 23.2 Å². The standard InChI is InChI=1S/C24H17N5O7/c25-13-14-36-22-12-6-1-7-16(22)15-17(23(30)26-18-8-2-4-10-20(18)28(32)33)24(31)27-19-9-3-5-11-21(19)29(34)35/h1-12,15H,14H2,(H,26,30)(H,27,31). The first-order chi connectivity index (χ1) is 17.3. The van der Waals surface area contributed by atoms with E-state index in [2.05, 4.69) is 10.6 Å². The van der Waals surface area contributed by atoms with E-state index in [-0.39, 0.29) is 29.3 Å². The maximum Gasteiger partial charge on any atom is 0.292 e. The molecule has 0 aliphatic rings. The van der Waals surface area contributed by atoms with E-state index in [4.69, 9.17) is 10.00 Å². The van der Waals surface area contributed by atoms with E-state index in [9.17, 15) is 29.8 Å². The number of nitrogens with one attached hydrogen (secondary N) is 2. The molecule has 0 saturated heterocycles. The maximum atomic E-state index is 13.2. The highest BCUT2D eigenvalue weighted by molar-refractivity contribution is 6.29. The minimum atomic E-state index is -1.02. The van der Waals surface area contributed by atoms with Gasteiger partial charge < -0.3 is 15.4 Å². The summed E-state index contributed by atoms with van der Waals surface area (Å²) in [4.78, 5) is 47.6. The lowest BCUT2D eigenvalue weighted by atomic mass is 10.1. The lowest BCUT2D eigenvalue weighted by Crippen LogP contribution is -2.26. The van der Waals surface area contributed by atoms with Crippen LogP contribution in [0.3, 0.4) is 0 Å². The van der Waals surface area contributed by atoms with Crippen LogP contribution in [0, 0.1) is 31.6 Å². The number of carbonyl (C=O) groups is 2. The fourth-order valence-corrected chi connectivity index (χ4v) is 3.09. The van der Waals surface area contributed by atoms with Crippen LogP contribution in [0.2, 0.25) is 0 Å². The van der Waals surface area contributed by atoms with E-state index in [1.807, 2.05) is 6.07 Å². The molecule has 12 nitrogen and oxygen atoms in total. The predicted octanol–water partition coefficient (Wildman–Crippen LogP) is 4.07. The highest BCUT2D eigenvalue weighted by atomic mass is 16.6. The van der Waals surface area contributed by atoms with E-state index < -0.39 is 38.6 Å². The van der Waals surface area contributed by atoms with Gasteiger partial charge in [0.05, 0.1) is 9.85 Å². The largest absolute Gasteiger partial charge is 0.478 e. The summed E-state index contributed by atoms with van der Waals surface area (Å²) in [6.45, 7) is -0.301. The van der Waals surface area contributed by atoms with Crippen molar-refractivity contribution in [2.45, 2.75) is 0 Å². The highest BCUT2D eigenvalue weighted by Gasteiger charge is 2.25. The molecule has 0 aromatic heterocycles. The van der Waals surface area contributed by atoms with E-state index in [1.54, 1.807) is 12.1 Å². The number of nitriles is 1. The maximum absolute atomic E-state index is 13.2. The minimum absolute atomic E-state index is 0.161. The molecule has 0 spiro atoms. The molecule has 12 heteroatoms. The van der Waals surface area contributed by atoms with E-state index >= 15 is 0 Å². The van der Waals surface area contributed by atoms with Gasteiger partial charge in [0.2, 0.25) is 0 Å². The van der Waals surface area contributed by atoms with Crippen LogP contribution in [0.1, 0.15) is 5.56 Å². The summed E-state index contributed by atoms with van der Waals surface area (Å²) in [5, 5.41) is 36.2. The average Bonchev–Trinajstić information content (AvgIpc) is 2.86. The quantitative estimate of drug-likeness (QED) is 0.149. The SMILES string of the molecule is N#CCOc1ccccc1C=C(C(=O)Nc1ccccc1[N+](=O)[O-])C(=O)Nc1ccccc1[N+](=O)[O-]. The van der Waals surface area contributed by atoms with Crippen LogP contribution in [-0.2, 0) is 9.59 Å². The van der Waals surface area contributed by atoms with Crippen LogP contribution in [0.25, 0.3) is 6.08 Å². The summed E-state index contributed by atoms with van der Waals surface area (Å²) in [5.41, 5.74) is -1.40. The summed E-state index contributed by atoms with van der Waals surface area (Å²) < 4.78 is 5.34. The molecule has 36 heavy (non-hydrogen) atoms. The van der Waals surface area contributed by atoms with Crippen LogP contribution in [0.4, 0.5) is 22.7 Å². The fourth-order valence-electron chi connectivity index (χ4n) is 3.09. The number of hydrogen-bond donors (Lipinski definition) is 2. The number of nitro groups is 2. The molecular weight excluding hydrogens is 470 g/mol. The number of amides is 2. The topological polar surface area (TPSA) is 177 Å². The normalized spacial score (nSPS) is 9.86. The Bertz CT molecular complexity index is 1340. The van der Waals surface area contributed by atoms with Crippen molar-refractivity contribution in [2.75, 3.05) is 17.2 Å². The number of nitro benzene ring substituents is 2. The van der Waals surface area contributed by atoms with Crippen LogP contribution in [0.15, 0.2) is 78.4 Å². The highest BCUT2D eigenvalue weighted by Crippen LogP contribution is 2.27. The van der Waals surface area contributed by atoms with Crippen molar-refractivity contribution in [1.82, 2.24) is 0 Å². The smallest absolute Gasteiger partial charge is 0.292 e.